The Bertz CT molecular complexity index is 3320. The zero-order valence-electron chi connectivity index (χ0n) is 45.1. The van der Waals surface area contributed by atoms with Crippen LogP contribution in [0.4, 0.5) is 4.79 Å². The molecular formula is C59H67Cl2N11O10. The summed E-state index contributed by atoms with van der Waals surface area (Å²) in [5.74, 6) is 0.152. The monoisotopic (exact) mass is 1160 g/mol. The number of urea groups is 1. The van der Waals surface area contributed by atoms with E-state index in [0.29, 0.717) is 96.8 Å². The number of aromatic nitrogens is 5. The molecule has 5 aromatic carbocycles. The van der Waals surface area contributed by atoms with Gasteiger partial charge in [-0.05, 0) is 79.6 Å². The van der Waals surface area contributed by atoms with E-state index in [1.165, 1.54) is 9.80 Å². The van der Waals surface area contributed by atoms with Crippen LogP contribution in [-0.2, 0) is 35.1 Å². The number of nitrogens with one attached hydrogen (secondary N) is 1. The number of hydrogen-bond donors (Lipinski definition) is 2. The number of methoxy groups -OCH3 is 1. The van der Waals surface area contributed by atoms with Crippen molar-refractivity contribution >= 4 is 63.7 Å². The zero-order valence-corrected chi connectivity index (χ0v) is 46.6. The van der Waals surface area contributed by atoms with Crippen LogP contribution in [0.25, 0.3) is 27.8 Å². The minimum Gasteiger partial charge on any atom is -0.497 e. The Morgan fingerprint density at radius 1 is 0.780 bits per heavy atom. The fraction of sp³-hybridized carbons (Fsp3) is 0.356. The highest BCUT2D eigenvalue weighted by Gasteiger charge is 2.46. The quantitative estimate of drug-likeness (QED) is 0.0493. The van der Waals surface area contributed by atoms with Crippen molar-refractivity contribution in [3.05, 3.63) is 154 Å². The molecule has 432 valence electrons. The summed E-state index contributed by atoms with van der Waals surface area (Å²) in [5.41, 5.74) is 11.0. The fourth-order valence-electron chi connectivity index (χ4n) is 9.32. The highest BCUT2D eigenvalue weighted by molar-refractivity contribution is 6.30. The van der Waals surface area contributed by atoms with Gasteiger partial charge in [0.25, 0.3) is 5.91 Å². The third kappa shape index (κ3) is 15.1. The van der Waals surface area contributed by atoms with Gasteiger partial charge in [0.15, 0.2) is 0 Å². The first-order valence-corrected chi connectivity index (χ1v) is 27.3. The van der Waals surface area contributed by atoms with E-state index in [1.807, 2.05) is 86.9 Å². The van der Waals surface area contributed by atoms with E-state index in [2.05, 4.69) is 20.7 Å². The van der Waals surface area contributed by atoms with Gasteiger partial charge in [0.05, 0.1) is 108 Å². The Morgan fingerprint density at radius 3 is 2.09 bits per heavy atom. The summed E-state index contributed by atoms with van der Waals surface area (Å²) in [7, 11) is 1.57. The largest absolute Gasteiger partial charge is 0.497 e. The molecule has 2 atom stereocenters. The molecule has 0 spiro atoms. The van der Waals surface area contributed by atoms with Crippen molar-refractivity contribution in [2.45, 2.75) is 46.0 Å². The van der Waals surface area contributed by atoms with Gasteiger partial charge in [0, 0.05) is 52.9 Å². The van der Waals surface area contributed by atoms with Gasteiger partial charge in [0.2, 0.25) is 11.8 Å². The zero-order chi connectivity index (χ0) is 56.8. The predicted octanol–water partition coefficient (Wildman–Crippen LogP) is 7.81. The van der Waals surface area contributed by atoms with Crippen molar-refractivity contribution in [3.63, 3.8) is 0 Å². The van der Waals surface area contributed by atoms with Crippen LogP contribution < -0.4 is 20.5 Å². The molecule has 3 N–H and O–H groups in total. The van der Waals surface area contributed by atoms with Crippen LogP contribution in [0.2, 0.25) is 10.0 Å². The summed E-state index contributed by atoms with van der Waals surface area (Å²) in [6, 6.07) is 31.4. The summed E-state index contributed by atoms with van der Waals surface area (Å²) in [6.07, 6.45) is 3.50. The number of rotatable bonds is 26. The molecule has 1 fully saturated rings. The van der Waals surface area contributed by atoms with E-state index in [0.717, 1.165) is 33.5 Å². The number of aliphatic imine (C=N–C) groups is 1. The second-order valence-electron chi connectivity index (χ2n) is 19.3. The van der Waals surface area contributed by atoms with Crippen LogP contribution in [-0.4, -0.2) is 168 Å². The average Bonchev–Trinajstić information content (AvgIpc) is 4.44. The number of carbonyl (C=O) groups excluding carboxylic acids is 4. The molecule has 2 unspecified atom stereocenters. The van der Waals surface area contributed by atoms with Crippen LogP contribution in [0.1, 0.15) is 60.4 Å². The summed E-state index contributed by atoms with van der Waals surface area (Å²) in [5, 5.41) is 17.8. The lowest BCUT2D eigenvalue weighted by molar-refractivity contribution is -0.139. The van der Waals surface area contributed by atoms with Crippen LogP contribution in [0.15, 0.2) is 127 Å². The van der Waals surface area contributed by atoms with Crippen molar-refractivity contribution < 1.29 is 47.6 Å². The van der Waals surface area contributed by atoms with Gasteiger partial charge in [-0.1, -0.05) is 84.4 Å². The molecule has 0 radical (unpaired) electrons. The highest BCUT2D eigenvalue weighted by atomic mass is 35.5. The van der Waals surface area contributed by atoms with Crippen LogP contribution in [0.3, 0.4) is 0 Å². The van der Waals surface area contributed by atoms with Crippen molar-refractivity contribution in [3.8, 4) is 28.4 Å². The van der Waals surface area contributed by atoms with Crippen molar-refractivity contribution in [1.82, 2.24) is 44.8 Å². The molecular weight excluding hydrogens is 1090 g/mol. The number of hydrogen-bond acceptors (Lipinski definition) is 14. The number of fused-ring (bicyclic) bond motifs is 1. The number of primary amides is 1. The second-order valence-corrected chi connectivity index (χ2v) is 20.1. The number of nitrogens with zero attached hydrogens (tertiary/aromatic N) is 9. The van der Waals surface area contributed by atoms with Crippen LogP contribution in [0, 0.1) is 0 Å². The molecule has 7 aromatic rings. The Hall–Kier alpha value is -7.92. The second kappa shape index (κ2) is 28.7. The van der Waals surface area contributed by atoms with Gasteiger partial charge in [-0.3, -0.25) is 24.3 Å². The SMILES string of the molecule is C.COc1ccc(C2=NC(c3ccc(Cl)cc3)C(c3ccc(Cl)cc3)N2C(=O)N2CCN(CC(=O)NCCOCCOCCOCCOCCn3cc(-c4ccc(-n5cc6cccc(C(N)=O)c6n5)cc4)nn3)C(=O)C2)c(OC(C)C)c1. The minimum absolute atomic E-state index is 0. The van der Waals surface area contributed by atoms with Crippen molar-refractivity contribution in [2.24, 2.45) is 10.7 Å². The van der Waals surface area contributed by atoms with Gasteiger partial charge in [-0.25, -0.2) is 14.2 Å². The normalized spacial score (nSPS) is 15.2. The molecule has 2 aromatic heterocycles. The Balaban J connectivity index is 0.00000880. The summed E-state index contributed by atoms with van der Waals surface area (Å²) in [4.78, 5) is 63.4. The molecule has 1 saturated heterocycles. The van der Waals surface area contributed by atoms with Crippen molar-refractivity contribution in [1.29, 1.82) is 0 Å². The fourth-order valence-corrected chi connectivity index (χ4v) is 9.58. The van der Waals surface area contributed by atoms with Gasteiger partial charge in [-0.2, -0.15) is 5.10 Å². The molecule has 0 bridgehead atoms. The molecule has 2 aliphatic heterocycles. The topological polar surface area (TPSA) is 232 Å². The Kier molecular flexibility index (Phi) is 21.0. The lowest BCUT2D eigenvalue weighted by Gasteiger charge is -2.38. The van der Waals surface area contributed by atoms with Crippen molar-refractivity contribution in [2.75, 3.05) is 92.7 Å². The van der Waals surface area contributed by atoms with Gasteiger partial charge < -0.3 is 49.3 Å². The van der Waals surface area contributed by atoms with E-state index < -0.39 is 24.0 Å². The molecule has 4 heterocycles. The molecule has 2 aliphatic rings. The number of amides is 5. The number of ether oxygens (including phenoxy) is 6. The molecule has 9 rings (SSSR count). The predicted molar refractivity (Wildman–Crippen MR) is 311 cm³/mol. The molecule has 82 heavy (non-hydrogen) atoms. The van der Waals surface area contributed by atoms with Gasteiger partial charge in [0.1, 0.15) is 41.1 Å². The standard InChI is InChI=1S/C58H63Cl2N11O10.CH4/c1-38(2)81-50-33-46(76-3)19-20-47(50)57-63-54(40-7-13-43(59)14-8-40)55(41-9-15-44(60)16-10-41)71(57)58(75)68-23-22-67(52(73)37-68)36-51(72)62-21-25-77-27-29-79-31-32-80-30-28-78-26-24-69-35-49(64-66-69)39-11-17-45(18-12-39)70-34-42-5-4-6-48(56(61)74)53(42)65-70;/h4-20,33-35,38,54-55H,21-32,36-37H2,1-3H3,(H2,61,74)(H,62,72);1H4. The molecule has 0 saturated carbocycles. The first kappa shape index (κ1) is 60.2. The van der Waals surface area contributed by atoms with Gasteiger partial charge >= 0.3 is 6.03 Å². The number of carbonyl (C=O) groups is 4. The number of halogens is 2. The minimum atomic E-state index is -0.654. The smallest absolute Gasteiger partial charge is 0.326 e. The van der Waals surface area contributed by atoms with E-state index >= 15 is 4.79 Å². The van der Waals surface area contributed by atoms with Crippen LogP contribution in [0.5, 0.6) is 11.5 Å². The van der Waals surface area contributed by atoms with E-state index in [4.69, 9.17) is 62.3 Å². The first-order chi connectivity index (χ1) is 39.3. The lowest BCUT2D eigenvalue weighted by Crippen LogP contribution is -2.57. The average molecular weight is 1160 g/mol. The maximum atomic E-state index is 15.0. The number of benzene rings is 5. The summed E-state index contributed by atoms with van der Waals surface area (Å²) in [6.45, 7) is 7.37. The molecule has 5 amide bonds. The Labute approximate surface area is 485 Å². The highest BCUT2D eigenvalue weighted by Crippen LogP contribution is 2.46. The molecule has 0 aliphatic carbocycles. The summed E-state index contributed by atoms with van der Waals surface area (Å²) < 4.78 is 37.8. The number of nitrogens with two attached hydrogens (primary N) is 1. The maximum Gasteiger partial charge on any atom is 0.326 e. The summed E-state index contributed by atoms with van der Waals surface area (Å²) >= 11 is 12.7. The Morgan fingerprint density at radius 2 is 1.44 bits per heavy atom. The van der Waals surface area contributed by atoms with E-state index in [9.17, 15) is 14.4 Å². The van der Waals surface area contributed by atoms with E-state index in [1.54, 1.807) is 69.9 Å². The van der Waals surface area contributed by atoms with Crippen LogP contribution >= 0.6 is 23.2 Å². The number of amidine groups is 1. The van der Waals surface area contributed by atoms with E-state index in [-0.39, 0.29) is 64.7 Å². The molecule has 23 heteroatoms. The van der Waals surface area contributed by atoms with Gasteiger partial charge in [-0.15, -0.1) is 5.10 Å². The lowest BCUT2D eigenvalue weighted by atomic mass is 9.93. The maximum absolute atomic E-state index is 15.0. The first-order valence-electron chi connectivity index (χ1n) is 26.5. The molecule has 21 nitrogen and oxygen atoms in total. The third-order valence-electron chi connectivity index (χ3n) is 13.3. The third-order valence-corrected chi connectivity index (χ3v) is 13.8. The number of piperazine rings is 1.